The van der Waals surface area contributed by atoms with E-state index in [0.29, 0.717) is 18.8 Å². The number of likely N-dealkylation sites (tertiary alicyclic amines) is 1. The minimum Gasteiger partial charge on any atom is -0.442 e. The van der Waals surface area contributed by atoms with Crippen LogP contribution in [-0.2, 0) is 9.16 Å². The molecule has 0 aromatic heterocycles. The Bertz CT molecular complexity index is 1180. The first-order valence-corrected chi connectivity index (χ1v) is 16.5. The van der Waals surface area contributed by atoms with E-state index in [0.717, 1.165) is 23.2 Å². The van der Waals surface area contributed by atoms with Crippen LogP contribution in [0.5, 0.6) is 0 Å². The number of benzene rings is 3. The van der Waals surface area contributed by atoms with Gasteiger partial charge in [-0.1, -0.05) is 113 Å². The summed E-state index contributed by atoms with van der Waals surface area (Å²) in [6.07, 6.45) is -2.08. The molecule has 4 rings (SSSR count). The van der Waals surface area contributed by atoms with Gasteiger partial charge in [0.2, 0.25) is 0 Å². The second-order valence-corrected chi connectivity index (χ2v) is 16.1. The average Bonchev–Trinajstić information content (AvgIpc) is 2.97. The molecule has 1 saturated heterocycles. The number of nitrogens with zero attached hydrogens (tertiary/aromatic N) is 1. The summed E-state index contributed by atoms with van der Waals surface area (Å²) >= 11 is 0. The first-order valence-electron chi connectivity index (χ1n) is 14.5. The fourth-order valence-corrected chi connectivity index (χ4v) is 10.4. The lowest BCUT2D eigenvalue weighted by Gasteiger charge is -2.48. The van der Waals surface area contributed by atoms with Crippen LogP contribution in [0.15, 0.2) is 91.0 Å². The monoisotopic (exact) mass is 576 g/mol. The van der Waals surface area contributed by atoms with Crippen LogP contribution in [0.4, 0.5) is 10.5 Å². The van der Waals surface area contributed by atoms with Crippen LogP contribution in [0.2, 0.25) is 5.04 Å². The minimum absolute atomic E-state index is 0.219. The molecule has 0 aliphatic carbocycles. The molecular weight excluding hydrogens is 532 g/mol. The van der Waals surface area contributed by atoms with Gasteiger partial charge in [-0.3, -0.25) is 10.2 Å². The zero-order valence-electron chi connectivity index (χ0n) is 24.6. The molecule has 8 heteroatoms. The summed E-state index contributed by atoms with van der Waals surface area (Å²) < 4.78 is 12.8. The molecule has 0 radical (unpaired) electrons. The van der Waals surface area contributed by atoms with Crippen molar-refractivity contribution < 1.29 is 24.2 Å². The van der Waals surface area contributed by atoms with Crippen molar-refractivity contribution in [3.63, 3.8) is 0 Å². The molecule has 1 heterocycles. The minimum atomic E-state index is -2.85. The van der Waals surface area contributed by atoms with E-state index in [1.165, 1.54) is 0 Å². The highest BCUT2D eigenvalue weighted by Gasteiger charge is 2.52. The van der Waals surface area contributed by atoms with Gasteiger partial charge in [-0.05, 0) is 40.5 Å². The van der Waals surface area contributed by atoms with Gasteiger partial charge in [0.15, 0.2) is 0 Å². The average molecular weight is 577 g/mol. The molecule has 220 valence electrons. The summed E-state index contributed by atoms with van der Waals surface area (Å²) in [5.74, 6) is 0. The van der Waals surface area contributed by atoms with Crippen molar-refractivity contribution in [2.75, 3.05) is 25.0 Å². The third kappa shape index (κ3) is 7.08. The molecule has 1 aliphatic heterocycles. The molecule has 0 bridgehead atoms. The van der Waals surface area contributed by atoms with Gasteiger partial charge in [0.05, 0.1) is 12.6 Å². The van der Waals surface area contributed by atoms with Crippen molar-refractivity contribution in [3.05, 3.63) is 91.0 Å². The van der Waals surface area contributed by atoms with Crippen LogP contribution in [0.1, 0.15) is 40.5 Å². The van der Waals surface area contributed by atoms with Crippen molar-refractivity contribution in [1.29, 1.82) is 0 Å². The standard InChI is InChI=1S/C33H44N2O5Si/c1-5-6-22-35-23-29(40-32(38)34-25-16-10-7-11-17-25)31(37)30(36)28(35)24-39-41(33(2,3)4,26-18-12-8-13-19-26)27-20-14-9-15-21-27/h7-21,28-31,36-37H,5-6,22-24H2,1-4H3,(H,34,38)/t28-,29+,30-,31-/m1/s1. The van der Waals surface area contributed by atoms with Crippen LogP contribution in [0.25, 0.3) is 0 Å². The summed E-state index contributed by atoms with van der Waals surface area (Å²) in [5, 5.41) is 27.4. The predicted molar refractivity (Wildman–Crippen MR) is 166 cm³/mol. The highest BCUT2D eigenvalue weighted by Crippen LogP contribution is 2.37. The SMILES string of the molecule is CCCCN1C[C@H](OC(=O)Nc2ccccc2)[C@@H](O)[C@H](O)[C@H]1CO[Si](c1ccccc1)(c1ccccc1)C(C)(C)C. The molecular formula is C33H44N2O5Si. The lowest BCUT2D eigenvalue weighted by Crippen LogP contribution is -2.69. The third-order valence-corrected chi connectivity index (χ3v) is 13.0. The van der Waals surface area contributed by atoms with Gasteiger partial charge in [-0.2, -0.15) is 0 Å². The van der Waals surface area contributed by atoms with Gasteiger partial charge in [-0.15, -0.1) is 0 Å². The molecule has 0 unspecified atom stereocenters. The van der Waals surface area contributed by atoms with Crippen LogP contribution in [0, 0.1) is 0 Å². The summed E-state index contributed by atoms with van der Waals surface area (Å²) in [4.78, 5) is 14.8. The maximum absolute atomic E-state index is 12.7. The Balaban J connectivity index is 1.59. The van der Waals surface area contributed by atoms with E-state index < -0.39 is 38.8 Å². The Morgan fingerprint density at radius 3 is 1.95 bits per heavy atom. The normalized spacial score (nSPS) is 21.8. The first-order chi connectivity index (χ1) is 19.7. The van der Waals surface area contributed by atoms with Crippen LogP contribution in [-0.4, -0.2) is 73.6 Å². The predicted octanol–water partition coefficient (Wildman–Crippen LogP) is 4.39. The van der Waals surface area contributed by atoms with E-state index in [-0.39, 0.29) is 11.6 Å². The van der Waals surface area contributed by atoms with E-state index in [1.807, 2.05) is 54.6 Å². The lowest BCUT2D eigenvalue weighted by atomic mass is 9.94. The third-order valence-electron chi connectivity index (χ3n) is 7.97. The number of carbonyl (C=O) groups excluding carboxylic acids is 1. The van der Waals surface area contributed by atoms with Crippen molar-refractivity contribution in [1.82, 2.24) is 4.90 Å². The number of hydrogen-bond donors (Lipinski definition) is 3. The highest BCUT2D eigenvalue weighted by molar-refractivity contribution is 6.99. The number of rotatable bonds is 10. The number of para-hydroxylation sites is 1. The topological polar surface area (TPSA) is 91.3 Å². The van der Waals surface area contributed by atoms with E-state index in [4.69, 9.17) is 9.16 Å². The fourth-order valence-electron chi connectivity index (χ4n) is 5.85. The van der Waals surface area contributed by atoms with E-state index in [2.05, 4.69) is 62.2 Å². The molecule has 7 nitrogen and oxygen atoms in total. The number of hydrogen-bond acceptors (Lipinski definition) is 6. The quantitative estimate of drug-likeness (QED) is 0.310. The van der Waals surface area contributed by atoms with Gasteiger partial charge < -0.3 is 19.4 Å². The number of carbonyl (C=O) groups is 1. The van der Waals surface area contributed by atoms with E-state index in [1.54, 1.807) is 12.1 Å². The molecule has 1 amide bonds. The first kappa shape index (κ1) is 30.9. The second kappa shape index (κ2) is 13.8. The lowest BCUT2D eigenvalue weighted by molar-refractivity contribution is -0.143. The van der Waals surface area contributed by atoms with Crippen molar-refractivity contribution in [3.8, 4) is 0 Å². The Kier molecular flexibility index (Phi) is 10.4. The largest absolute Gasteiger partial charge is 0.442 e. The number of aliphatic hydroxyl groups excluding tert-OH is 2. The summed E-state index contributed by atoms with van der Waals surface area (Å²) in [7, 11) is -2.85. The molecule has 0 saturated carbocycles. The smallest absolute Gasteiger partial charge is 0.412 e. The van der Waals surface area contributed by atoms with Gasteiger partial charge in [0, 0.05) is 12.2 Å². The van der Waals surface area contributed by atoms with Crippen molar-refractivity contribution >= 4 is 30.5 Å². The van der Waals surface area contributed by atoms with Crippen LogP contribution in [0.3, 0.4) is 0 Å². The molecule has 3 N–H and O–H groups in total. The summed E-state index contributed by atoms with van der Waals surface area (Å²) in [5.41, 5.74) is 0.600. The maximum Gasteiger partial charge on any atom is 0.412 e. The molecule has 4 atom stereocenters. The zero-order valence-corrected chi connectivity index (χ0v) is 25.6. The van der Waals surface area contributed by atoms with Gasteiger partial charge in [-0.25, -0.2) is 4.79 Å². The molecule has 1 aliphatic rings. The summed E-state index contributed by atoms with van der Waals surface area (Å²) in [6, 6.07) is 29.3. The van der Waals surface area contributed by atoms with Crippen molar-refractivity contribution in [2.24, 2.45) is 0 Å². The number of unbranched alkanes of at least 4 members (excludes halogenated alkanes) is 1. The molecule has 1 fully saturated rings. The number of aliphatic hydroxyl groups is 2. The van der Waals surface area contributed by atoms with Gasteiger partial charge in [0.1, 0.15) is 18.3 Å². The van der Waals surface area contributed by atoms with Crippen LogP contribution >= 0.6 is 0 Å². The number of ether oxygens (including phenoxy) is 1. The molecule has 41 heavy (non-hydrogen) atoms. The Morgan fingerprint density at radius 2 is 1.44 bits per heavy atom. The Hall–Kier alpha value is -3.01. The molecule has 0 spiro atoms. The van der Waals surface area contributed by atoms with Crippen molar-refractivity contribution in [2.45, 2.75) is 69.9 Å². The number of piperidine rings is 1. The zero-order chi connectivity index (χ0) is 29.5. The fraction of sp³-hybridized carbons (Fsp3) is 0.424. The molecule has 3 aromatic carbocycles. The number of nitrogens with one attached hydrogen (secondary N) is 1. The van der Waals surface area contributed by atoms with E-state index in [9.17, 15) is 15.0 Å². The number of amides is 1. The van der Waals surface area contributed by atoms with Gasteiger partial charge >= 0.3 is 6.09 Å². The van der Waals surface area contributed by atoms with E-state index >= 15 is 0 Å². The van der Waals surface area contributed by atoms with Gasteiger partial charge in [0.25, 0.3) is 8.32 Å². The summed E-state index contributed by atoms with van der Waals surface area (Å²) in [6.45, 7) is 9.99. The Labute approximate surface area is 245 Å². The number of anilines is 1. The highest BCUT2D eigenvalue weighted by atomic mass is 28.4. The maximum atomic E-state index is 12.7. The molecule has 3 aromatic rings. The Morgan fingerprint density at radius 1 is 0.902 bits per heavy atom. The van der Waals surface area contributed by atoms with Crippen LogP contribution < -0.4 is 15.7 Å². The second-order valence-electron chi connectivity index (χ2n) is 11.8.